The van der Waals surface area contributed by atoms with Crippen LogP contribution in [0.5, 0.6) is 0 Å². The Morgan fingerprint density at radius 1 is 1.47 bits per heavy atom. The molecule has 1 aromatic carbocycles. The number of methoxy groups -OCH3 is 1. The first kappa shape index (κ1) is 13.0. The molecule has 0 amide bonds. The quantitative estimate of drug-likeness (QED) is 0.646. The number of thioether (sulfide) groups is 1. The van der Waals surface area contributed by atoms with Crippen molar-refractivity contribution in [3.05, 3.63) is 28.2 Å². The molecule has 0 spiro atoms. The Balaban J connectivity index is 2.68. The first-order valence-electron chi connectivity index (χ1n) is 4.88. The Morgan fingerprint density at radius 3 is 2.93 bits per heavy atom. The second-order valence-corrected chi connectivity index (χ2v) is 5.18. The monoisotopic (exact) mass is 289 g/mol. The van der Waals surface area contributed by atoms with E-state index in [2.05, 4.69) is 34.1 Å². The van der Waals surface area contributed by atoms with Gasteiger partial charge in [-0.15, -0.1) is 11.8 Å². The molecule has 0 saturated carbocycles. The fraction of sp³-hybridized carbons (Fsp3) is 0.455. The zero-order chi connectivity index (χ0) is 11.1. The summed E-state index contributed by atoms with van der Waals surface area (Å²) in [5.74, 6) is 0.977. The van der Waals surface area contributed by atoms with Crippen LogP contribution in [0.15, 0.2) is 27.6 Å². The van der Waals surface area contributed by atoms with Crippen molar-refractivity contribution in [2.75, 3.05) is 26.0 Å². The van der Waals surface area contributed by atoms with Gasteiger partial charge in [0.25, 0.3) is 0 Å². The van der Waals surface area contributed by atoms with Gasteiger partial charge in [0, 0.05) is 22.2 Å². The molecule has 15 heavy (non-hydrogen) atoms. The van der Waals surface area contributed by atoms with Crippen LogP contribution < -0.4 is 5.73 Å². The minimum absolute atomic E-state index is 0.694. The molecule has 0 fully saturated rings. The second kappa shape index (κ2) is 7.28. The fourth-order valence-electron chi connectivity index (χ4n) is 1.26. The van der Waals surface area contributed by atoms with Gasteiger partial charge in [-0.2, -0.15) is 0 Å². The van der Waals surface area contributed by atoms with Gasteiger partial charge in [-0.3, -0.25) is 0 Å². The van der Waals surface area contributed by atoms with Crippen molar-refractivity contribution < 1.29 is 4.74 Å². The molecule has 0 heterocycles. The molecule has 4 heteroatoms. The van der Waals surface area contributed by atoms with Crippen molar-refractivity contribution >= 4 is 27.7 Å². The predicted molar refractivity (Wildman–Crippen MR) is 69.5 cm³/mol. The standard InChI is InChI=1S/C11H16BrNOS/c1-14-6-7-15-11-8-10(12)3-2-9(11)4-5-13/h2-3,8H,4-7,13H2,1H3. The maximum absolute atomic E-state index is 5.58. The van der Waals surface area contributed by atoms with Crippen molar-refractivity contribution in [1.29, 1.82) is 0 Å². The molecule has 0 bridgehead atoms. The van der Waals surface area contributed by atoms with Crippen LogP contribution in [-0.4, -0.2) is 26.0 Å². The lowest BCUT2D eigenvalue weighted by Crippen LogP contribution is -2.04. The Morgan fingerprint density at radius 2 is 2.27 bits per heavy atom. The molecule has 1 rings (SSSR count). The van der Waals surface area contributed by atoms with Crippen LogP contribution in [0.2, 0.25) is 0 Å². The third-order valence-electron chi connectivity index (χ3n) is 1.99. The highest BCUT2D eigenvalue weighted by molar-refractivity contribution is 9.10. The topological polar surface area (TPSA) is 35.2 Å². The molecule has 0 aliphatic carbocycles. The molecule has 0 aliphatic heterocycles. The lowest BCUT2D eigenvalue weighted by atomic mass is 10.1. The molecule has 0 radical (unpaired) electrons. The predicted octanol–water partition coefficient (Wildman–Crippen LogP) is 2.69. The zero-order valence-corrected chi connectivity index (χ0v) is 11.2. The van der Waals surface area contributed by atoms with Gasteiger partial charge < -0.3 is 10.5 Å². The molecular weight excluding hydrogens is 274 g/mol. The lowest BCUT2D eigenvalue weighted by Gasteiger charge is -2.08. The molecule has 2 nitrogen and oxygen atoms in total. The van der Waals surface area contributed by atoms with Crippen molar-refractivity contribution in [3.63, 3.8) is 0 Å². The lowest BCUT2D eigenvalue weighted by molar-refractivity contribution is 0.218. The smallest absolute Gasteiger partial charge is 0.0556 e. The number of ether oxygens (including phenoxy) is 1. The van der Waals surface area contributed by atoms with E-state index in [-0.39, 0.29) is 0 Å². The van der Waals surface area contributed by atoms with E-state index < -0.39 is 0 Å². The van der Waals surface area contributed by atoms with Gasteiger partial charge in [-0.1, -0.05) is 22.0 Å². The van der Waals surface area contributed by atoms with E-state index in [9.17, 15) is 0 Å². The summed E-state index contributed by atoms with van der Waals surface area (Å²) in [7, 11) is 1.72. The molecular formula is C11H16BrNOS. The zero-order valence-electron chi connectivity index (χ0n) is 8.83. The molecule has 0 saturated heterocycles. The van der Waals surface area contributed by atoms with Crippen molar-refractivity contribution in [1.82, 2.24) is 0 Å². The van der Waals surface area contributed by atoms with Crippen molar-refractivity contribution in [2.24, 2.45) is 5.73 Å². The van der Waals surface area contributed by atoms with Gasteiger partial charge in [0.2, 0.25) is 0 Å². The summed E-state index contributed by atoms with van der Waals surface area (Å²) in [4.78, 5) is 1.30. The SMILES string of the molecule is COCCSc1cc(Br)ccc1CCN. The van der Waals surface area contributed by atoms with Gasteiger partial charge in [0.15, 0.2) is 0 Å². The van der Waals surface area contributed by atoms with Gasteiger partial charge >= 0.3 is 0 Å². The fourth-order valence-corrected chi connectivity index (χ4v) is 2.81. The third kappa shape index (κ3) is 4.55. The highest BCUT2D eigenvalue weighted by Gasteiger charge is 2.03. The van der Waals surface area contributed by atoms with Gasteiger partial charge in [-0.05, 0) is 30.7 Å². The Hall–Kier alpha value is -0.0300. The Bertz CT molecular complexity index is 307. The molecule has 2 N–H and O–H groups in total. The number of halogens is 1. The largest absolute Gasteiger partial charge is 0.384 e. The van der Waals surface area contributed by atoms with E-state index in [1.54, 1.807) is 7.11 Å². The minimum Gasteiger partial charge on any atom is -0.384 e. The van der Waals surface area contributed by atoms with E-state index in [1.165, 1.54) is 10.5 Å². The molecule has 84 valence electrons. The molecule has 0 aliphatic rings. The van der Waals surface area contributed by atoms with E-state index >= 15 is 0 Å². The van der Waals surface area contributed by atoms with Crippen LogP contribution >= 0.6 is 27.7 Å². The van der Waals surface area contributed by atoms with Crippen LogP contribution in [0, 0.1) is 0 Å². The number of benzene rings is 1. The average molecular weight is 290 g/mol. The first-order chi connectivity index (χ1) is 7.27. The molecule has 0 atom stereocenters. The van der Waals surface area contributed by atoms with Crippen LogP contribution in [0.1, 0.15) is 5.56 Å². The molecule has 0 aromatic heterocycles. The Kier molecular flexibility index (Phi) is 6.32. The summed E-state index contributed by atoms with van der Waals surface area (Å²) >= 11 is 5.30. The van der Waals surface area contributed by atoms with Gasteiger partial charge in [0.05, 0.1) is 6.61 Å². The number of rotatable bonds is 6. The van der Waals surface area contributed by atoms with E-state index in [0.29, 0.717) is 6.54 Å². The molecule has 1 aromatic rings. The highest BCUT2D eigenvalue weighted by Crippen LogP contribution is 2.26. The maximum Gasteiger partial charge on any atom is 0.0556 e. The van der Waals surface area contributed by atoms with Gasteiger partial charge in [-0.25, -0.2) is 0 Å². The van der Waals surface area contributed by atoms with Crippen LogP contribution in [0.25, 0.3) is 0 Å². The summed E-state index contributed by atoms with van der Waals surface area (Å²) in [5.41, 5.74) is 6.90. The number of nitrogens with two attached hydrogens (primary N) is 1. The second-order valence-electron chi connectivity index (χ2n) is 3.13. The van der Waals surface area contributed by atoms with Gasteiger partial charge in [0.1, 0.15) is 0 Å². The Labute approximate surface area is 104 Å². The van der Waals surface area contributed by atoms with Crippen molar-refractivity contribution in [3.8, 4) is 0 Å². The highest BCUT2D eigenvalue weighted by atomic mass is 79.9. The van der Waals surface area contributed by atoms with Crippen LogP contribution in [0.3, 0.4) is 0 Å². The molecule has 0 unspecified atom stereocenters. The summed E-state index contributed by atoms with van der Waals surface area (Å²) < 4.78 is 6.15. The number of hydrogen-bond donors (Lipinski definition) is 1. The van der Waals surface area contributed by atoms with E-state index in [4.69, 9.17) is 10.5 Å². The third-order valence-corrected chi connectivity index (χ3v) is 3.54. The first-order valence-corrected chi connectivity index (χ1v) is 6.66. The summed E-state index contributed by atoms with van der Waals surface area (Å²) in [5, 5.41) is 0. The van der Waals surface area contributed by atoms with Crippen LogP contribution in [-0.2, 0) is 11.2 Å². The average Bonchev–Trinajstić information content (AvgIpc) is 2.22. The number of hydrogen-bond acceptors (Lipinski definition) is 3. The normalized spacial score (nSPS) is 10.6. The van der Waals surface area contributed by atoms with Crippen molar-refractivity contribution in [2.45, 2.75) is 11.3 Å². The minimum atomic E-state index is 0.694. The van der Waals surface area contributed by atoms with E-state index in [1.807, 2.05) is 11.8 Å². The maximum atomic E-state index is 5.58. The van der Waals surface area contributed by atoms with E-state index in [0.717, 1.165) is 23.3 Å². The summed E-state index contributed by atoms with van der Waals surface area (Å²) in [6.45, 7) is 1.47. The summed E-state index contributed by atoms with van der Waals surface area (Å²) in [6.07, 6.45) is 0.933. The summed E-state index contributed by atoms with van der Waals surface area (Å²) in [6, 6.07) is 6.34. The van der Waals surface area contributed by atoms with Crippen LogP contribution in [0.4, 0.5) is 0 Å².